The summed E-state index contributed by atoms with van der Waals surface area (Å²) in [5.41, 5.74) is 0. The van der Waals surface area contributed by atoms with Crippen LogP contribution in [0.5, 0.6) is 0 Å². The molecule has 112 valence electrons. The number of rotatable bonds is 5. The lowest BCUT2D eigenvalue weighted by Crippen LogP contribution is -2.41. The summed E-state index contributed by atoms with van der Waals surface area (Å²) in [6.45, 7) is 8.85. The molecule has 1 fully saturated rings. The van der Waals surface area contributed by atoms with Crippen LogP contribution in [-0.4, -0.2) is 45.9 Å². The Labute approximate surface area is 128 Å². The van der Waals surface area contributed by atoms with E-state index in [4.69, 9.17) is 0 Å². The molecule has 0 spiro atoms. The number of carbonyl (C=O) groups is 1. The molecular formula is C13H22N4OS2. The van der Waals surface area contributed by atoms with Crippen LogP contribution in [0.15, 0.2) is 4.34 Å². The molecule has 1 atom stereocenters. The third-order valence-corrected chi connectivity index (χ3v) is 5.51. The van der Waals surface area contributed by atoms with Gasteiger partial charge in [0.05, 0.1) is 5.25 Å². The Morgan fingerprint density at radius 2 is 2.20 bits per heavy atom. The standard InChI is InChI=1S/C13H22N4OS2/c1-4-14-12-15-16-13(20-12)19-10(3)11(18)17-7-5-9(2)6-8-17/h9-10H,4-8H2,1-3H3,(H,14,15). The number of piperidine rings is 1. The smallest absolute Gasteiger partial charge is 0.235 e. The van der Waals surface area contributed by atoms with Gasteiger partial charge in [-0.3, -0.25) is 4.79 Å². The van der Waals surface area contributed by atoms with Crippen molar-refractivity contribution in [1.82, 2.24) is 15.1 Å². The SMILES string of the molecule is CCNc1nnc(SC(C)C(=O)N2CCC(C)CC2)s1. The van der Waals surface area contributed by atoms with E-state index in [2.05, 4.69) is 22.4 Å². The molecule has 2 heterocycles. The van der Waals surface area contributed by atoms with Crippen molar-refractivity contribution in [2.24, 2.45) is 5.92 Å². The lowest BCUT2D eigenvalue weighted by Gasteiger charge is -2.31. The van der Waals surface area contributed by atoms with Gasteiger partial charge in [-0.05, 0) is 32.6 Å². The summed E-state index contributed by atoms with van der Waals surface area (Å²) in [6, 6.07) is 0. The van der Waals surface area contributed by atoms with E-state index in [-0.39, 0.29) is 11.2 Å². The number of carbonyl (C=O) groups excluding carboxylic acids is 1. The molecule has 1 aliphatic rings. The maximum absolute atomic E-state index is 12.4. The third-order valence-electron chi connectivity index (χ3n) is 3.46. The van der Waals surface area contributed by atoms with E-state index in [1.54, 1.807) is 0 Å². The number of likely N-dealkylation sites (tertiary alicyclic amines) is 1. The van der Waals surface area contributed by atoms with Crippen LogP contribution in [0.3, 0.4) is 0 Å². The van der Waals surface area contributed by atoms with Crippen molar-refractivity contribution in [2.75, 3.05) is 25.0 Å². The van der Waals surface area contributed by atoms with E-state index in [1.165, 1.54) is 23.1 Å². The van der Waals surface area contributed by atoms with Gasteiger partial charge in [0.15, 0.2) is 4.34 Å². The molecule has 0 aliphatic carbocycles. The van der Waals surface area contributed by atoms with Crippen LogP contribution >= 0.6 is 23.1 Å². The number of amides is 1. The fourth-order valence-electron chi connectivity index (χ4n) is 2.17. The van der Waals surface area contributed by atoms with Gasteiger partial charge in [-0.25, -0.2) is 0 Å². The van der Waals surface area contributed by atoms with Crippen LogP contribution in [0.1, 0.15) is 33.6 Å². The Balaban J connectivity index is 1.86. The van der Waals surface area contributed by atoms with Crippen LogP contribution in [0.4, 0.5) is 5.13 Å². The Morgan fingerprint density at radius 1 is 1.50 bits per heavy atom. The predicted octanol–water partition coefficient (Wildman–Crippen LogP) is 2.71. The van der Waals surface area contributed by atoms with Gasteiger partial charge in [0.25, 0.3) is 0 Å². The zero-order valence-electron chi connectivity index (χ0n) is 12.3. The first-order valence-electron chi connectivity index (χ1n) is 7.13. The molecule has 0 aromatic carbocycles. The van der Waals surface area contributed by atoms with Gasteiger partial charge in [0, 0.05) is 19.6 Å². The van der Waals surface area contributed by atoms with Crippen molar-refractivity contribution in [2.45, 2.75) is 43.2 Å². The van der Waals surface area contributed by atoms with Crippen LogP contribution in [-0.2, 0) is 4.79 Å². The average molecular weight is 314 g/mol. The van der Waals surface area contributed by atoms with E-state index in [9.17, 15) is 4.79 Å². The molecule has 1 aromatic heterocycles. The molecule has 20 heavy (non-hydrogen) atoms. The normalized spacial score (nSPS) is 18.1. The van der Waals surface area contributed by atoms with Gasteiger partial charge in [-0.2, -0.15) is 0 Å². The fraction of sp³-hybridized carbons (Fsp3) is 0.769. The summed E-state index contributed by atoms with van der Waals surface area (Å²) < 4.78 is 0.854. The summed E-state index contributed by atoms with van der Waals surface area (Å²) in [5, 5.41) is 12.0. The van der Waals surface area contributed by atoms with Crippen LogP contribution < -0.4 is 5.32 Å². The number of aromatic nitrogens is 2. The van der Waals surface area contributed by atoms with E-state index in [0.717, 1.165) is 47.9 Å². The molecular weight excluding hydrogens is 292 g/mol. The summed E-state index contributed by atoms with van der Waals surface area (Å²) in [4.78, 5) is 14.4. The van der Waals surface area contributed by atoms with Gasteiger partial charge < -0.3 is 10.2 Å². The molecule has 1 saturated heterocycles. The molecule has 1 aliphatic heterocycles. The van der Waals surface area contributed by atoms with E-state index in [1.807, 2.05) is 18.7 Å². The van der Waals surface area contributed by atoms with Gasteiger partial charge in [0.1, 0.15) is 0 Å². The predicted molar refractivity (Wildman–Crippen MR) is 84.4 cm³/mol. The highest BCUT2D eigenvalue weighted by atomic mass is 32.2. The molecule has 1 aromatic rings. The first-order chi connectivity index (χ1) is 9.60. The van der Waals surface area contributed by atoms with Crippen molar-refractivity contribution in [1.29, 1.82) is 0 Å². The number of hydrogen-bond donors (Lipinski definition) is 1. The van der Waals surface area contributed by atoms with Crippen molar-refractivity contribution >= 4 is 34.1 Å². The first kappa shape index (κ1) is 15.6. The van der Waals surface area contributed by atoms with Crippen LogP contribution in [0.25, 0.3) is 0 Å². The van der Waals surface area contributed by atoms with Crippen molar-refractivity contribution in [3.05, 3.63) is 0 Å². The number of hydrogen-bond acceptors (Lipinski definition) is 6. The van der Waals surface area contributed by atoms with E-state index in [0.29, 0.717) is 0 Å². The Morgan fingerprint density at radius 3 is 2.85 bits per heavy atom. The van der Waals surface area contributed by atoms with Gasteiger partial charge in [0.2, 0.25) is 11.0 Å². The summed E-state index contributed by atoms with van der Waals surface area (Å²) in [5.74, 6) is 0.968. The minimum atomic E-state index is -0.0918. The molecule has 1 N–H and O–H groups in total. The number of thioether (sulfide) groups is 1. The van der Waals surface area contributed by atoms with Gasteiger partial charge in [-0.15, -0.1) is 10.2 Å². The molecule has 7 heteroatoms. The zero-order valence-corrected chi connectivity index (χ0v) is 13.9. The van der Waals surface area contributed by atoms with Gasteiger partial charge >= 0.3 is 0 Å². The molecule has 1 amide bonds. The van der Waals surface area contributed by atoms with Crippen LogP contribution in [0, 0.1) is 5.92 Å². The summed E-state index contributed by atoms with van der Waals surface area (Å²) in [7, 11) is 0. The first-order valence-corrected chi connectivity index (χ1v) is 8.82. The maximum atomic E-state index is 12.4. The van der Waals surface area contributed by atoms with Crippen molar-refractivity contribution < 1.29 is 4.79 Å². The second-order valence-electron chi connectivity index (χ2n) is 5.17. The Kier molecular flexibility index (Phi) is 5.65. The quantitative estimate of drug-likeness (QED) is 0.847. The van der Waals surface area contributed by atoms with Crippen molar-refractivity contribution in [3.8, 4) is 0 Å². The minimum absolute atomic E-state index is 0.0918. The molecule has 0 radical (unpaired) electrons. The topological polar surface area (TPSA) is 58.1 Å². The number of nitrogens with zero attached hydrogens (tertiary/aromatic N) is 3. The lowest BCUT2D eigenvalue weighted by molar-refractivity contribution is -0.131. The lowest BCUT2D eigenvalue weighted by atomic mass is 9.99. The molecule has 0 bridgehead atoms. The highest BCUT2D eigenvalue weighted by molar-refractivity contribution is 8.02. The van der Waals surface area contributed by atoms with E-state index < -0.39 is 0 Å². The minimum Gasteiger partial charge on any atom is -0.360 e. The van der Waals surface area contributed by atoms with Crippen LogP contribution in [0.2, 0.25) is 0 Å². The highest BCUT2D eigenvalue weighted by Crippen LogP contribution is 2.30. The van der Waals surface area contributed by atoms with Gasteiger partial charge in [-0.1, -0.05) is 30.0 Å². The molecule has 0 saturated carbocycles. The monoisotopic (exact) mass is 314 g/mol. The highest BCUT2D eigenvalue weighted by Gasteiger charge is 2.25. The number of anilines is 1. The fourth-order valence-corrected chi connectivity index (χ4v) is 4.22. The second-order valence-corrected chi connectivity index (χ2v) is 7.74. The summed E-state index contributed by atoms with van der Waals surface area (Å²) in [6.07, 6.45) is 2.24. The zero-order chi connectivity index (χ0) is 14.5. The largest absolute Gasteiger partial charge is 0.360 e. The molecule has 5 nitrogen and oxygen atoms in total. The molecule has 1 unspecified atom stereocenters. The van der Waals surface area contributed by atoms with E-state index >= 15 is 0 Å². The Bertz CT molecular complexity index is 443. The average Bonchev–Trinajstić information content (AvgIpc) is 2.86. The maximum Gasteiger partial charge on any atom is 0.235 e. The Hall–Kier alpha value is -0.820. The summed E-state index contributed by atoms with van der Waals surface area (Å²) >= 11 is 3.02. The third kappa shape index (κ3) is 4.09. The second kappa shape index (κ2) is 7.26. The van der Waals surface area contributed by atoms with Crippen molar-refractivity contribution in [3.63, 3.8) is 0 Å². The number of nitrogens with one attached hydrogen (secondary N) is 1. The molecule has 2 rings (SSSR count).